The zero-order chi connectivity index (χ0) is 14.0. The van der Waals surface area contributed by atoms with E-state index in [1.165, 1.54) is 6.33 Å². The molecule has 2 aliphatic rings. The zero-order valence-corrected chi connectivity index (χ0v) is 11.4. The van der Waals surface area contributed by atoms with Crippen molar-refractivity contribution in [2.75, 3.05) is 6.61 Å². The Morgan fingerprint density at radius 3 is 3.05 bits per heavy atom. The molecule has 1 amide bonds. The molecule has 1 saturated heterocycles. The summed E-state index contributed by atoms with van der Waals surface area (Å²) in [5.41, 5.74) is 0.533. The Bertz CT molecular complexity index is 708. The van der Waals surface area contributed by atoms with E-state index in [-0.39, 0.29) is 17.0 Å². The van der Waals surface area contributed by atoms with Crippen molar-refractivity contribution < 1.29 is 9.53 Å². The maximum Gasteiger partial charge on any atom is 0.271 e. The topological polar surface area (TPSA) is 79.9 Å². The predicted molar refractivity (Wildman–Crippen MR) is 72.2 cm³/mol. The summed E-state index contributed by atoms with van der Waals surface area (Å²) in [6.45, 7) is 4.79. The molecule has 2 N–H and O–H groups in total. The van der Waals surface area contributed by atoms with Crippen molar-refractivity contribution in [3.05, 3.63) is 24.3 Å². The van der Waals surface area contributed by atoms with Gasteiger partial charge in [0.2, 0.25) is 0 Å². The molecule has 2 unspecified atom stereocenters. The number of aromatic nitrogens is 3. The lowest BCUT2D eigenvalue weighted by Gasteiger charge is -2.30. The van der Waals surface area contributed by atoms with Crippen LogP contribution in [0, 0.1) is 5.92 Å². The molecule has 2 atom stereocenters. The van der Waals surface area contributed by atoms with Gasteiger partial charge in [-0.1, -0.05) is 0 Å². The normalized spacial score (nSPS) is 30.2. The van der Waals surface area contributed by atoms with Crippen LogP contribution in [0.5, 0.6) is 0 Å². The van der Waals surface area contributed by atoms with Crippen LogP contribution in [0.2, 0.25) is 0 Å². The Labute approximate surface area is 115 Å². The quantitative estimate of drug-likeness (QED) is 0.862. The number of carbonyl (C=O) groups is 1. The Balaban J connectivity index is 1.68. The molecule has 3 heterocycles. The second kappa shape index (κ2) is 3.58. The SMILES string of the molecule is CC1(C)OCC2CC21NC(=O)c1ncnc2[nH]ccc12. The van der Waals surface area contributed by atoms with Gasteiger partial charge < -0.3 is 15.0 Å². The lowest BCUT2D eigenvalue weighted by molar-refractivity contribution is -0.00871. The number of H-pyrrole nitrogens is 1. The van der Waals surface area contributed by atoms with Crippen LogP contribution in [0.15, 0.2) is 18.6 Å². The Morgan fingerprint density at radius 2 is 2.35 bits per heavy atom. The summed E-state index contributed by atoms with van der Waals surface area (Å²) in [6, 6.07) is 1.82. The molecule has 0 radical (unpaired) electrons. The summed E-state index contributed by atoms with van der Waals surface area (Å²) >= 11 is 0. The molecule has 6 heteroatoms. The molecule has 0 bridgehead atoms. The fraction of sp³-hybridized carbons (Fsp3) is 0.500. The highest BCUT2D eigenvalue weighted by molar-refractivity contribution is 6.04. The van der Waals surface area contributed by atoms with Crippen LogP contribution in [-0.2, 0) is 4.74 Å². The lowest BCUT2D eigenvalue weighted by Crippen LogP contribution is -2.51. The molecular formula is C14H16N4O2. The van der Waals surface area contributed by atoms with Crippen LogP contribution >= 0.6 is 0 Å². The van der Waals surface area contributed by atoms with Crippen molar-refractivity contribution in [3.63, 3.8) is 0 Å². The van der Waals surface area contributed by atoms with Gasteiger partial charge in [0.1, 0.15) is 17.7 Å². The molecule has 1 saturated carbocycles. The summed E-state index contributed by atoms with van der Waals surface area (Å²) in [7, 11) is 0. The average molecular weight is 272 g/mol. The van der Waals surface area contributed by atoms with Crippen molar-refractivity contribution >= 4 is 16.9 Å². The van der Waals surface area contributed by atoms with Crippen molar-refractivity contribution in [1.82, 2.24) is 20.3 Å². The van der Waals surface area contributed by atoms with Crippen molar-refractivity contribution in [3.8, 4) is 0 Å². The summed E-state index contributed by atoms with van der Waals surface area (Å²) in [5, 5.41) is 3.90. The highest BCUT2D eigenvalue weighted by atomic mass is 16.5. The van der Waals surface area contributed by atoms with Crippen LogP contribution < -0.4 is 5.32 Å². The molecule has 4 rings (SSSR count). The number of amides is 1. The molecule has 0 aromatic carbocycles. The van der Waals surface area contributed by atoms with E-state index in [1.807, 2.05) is 19.9 Å². The summed E-state index contributed by atoms with van der Waals surface area (Å²) in [4.78, 5) is 23.8. The number of hydrogen-bond donors (Lipinski definition) is 2. The molecular weight excluding hydrogens is 256 g/mol. The molecule has 2 aromatic rings. The molecule has 2 fully saturated rings. The number of aromatic amines is 1. The highest BCUT2D eigenvalue weighted by Crippen LogP contribution is 2.57. The molecule has 0 spiro atoms. The average Bonchev–Trinajstić information content (AvgIpc) is 2.81. The van der Waals surface area contributed by atoms with Gasteiger partial charge in [0, 0.05) is 12.1 Å². The molecule has 1 aliphatic heterocycles. The number of nitrogens with one attached hydrogen (secondary N) is 2. The molecule has 104 valence electrons. The van der Waals surface area contributed by atoms with E-state index in [2.05, 4.69) is 20.3 Å². The predicted octanol–water partition coefficient (Wildman–Crippen LogP) is 1.26. The van der Waals surface area contributed by atoms with Crippen molar-refractivity contribution in [1.29, 1.82) is 0 Å². The Kier molecular flexibility index (Phi) is 2.12. The zero-order valence-electron chi connectivity index (χ0n) is 11.4. The third-order valence-corrected chi connectivity index (χ3v) is 4.73. The fourth-order valence-corrected chi connectivity index (χ4v) is 3.32. The van der Waals surface area contributed by atoms with Gasteiger partial charge in [0.15, 0.2) is 0 Å². The van der Waals surface area contributed by atoms with Gasteiger partial charge in [-0.15, -0.1) is 0 Å². The molecule has 6 nitrogen and oxygen atoms in total. The lowest BCUT2D eigenvalue weighted by atomic mass is 9.95. The van der Waals surface area contributed by atoms with Gasteiger partial charge >= 0.3 is 0 Å². The Hall–Kier alpha value is -1.95. The number of hydrogen-bond acceptors (Lipinski definition) is 4. The minimum absolute atomic E-state index is 0.155. The van der Waals surface area contributed by atoms with Gasteiger partial charge in [0.25, 0.3) is 5.91 Å². The standard InChI is InChI=1S/C14H16N4O2/c1-13(2)14(5-8(14)6-20-13)18-12(19)10-9-3-4-15-11(9)17-7-16-10/h3-4,7-8H,5-6H2,1-2H3,(H,18,19)(H,15,16,17). The Morgan fingerprint density at radius 1 is 1.50 bits per heavy atom. The molecule has 2 aromatic heterocycles. The minimum Gasteiger partial charge on any atom is -0.373 e. The number of rotatable bonds is 2. The number of ether oxygens (including phenoxy) is 1. The van der Waals surface area contributed by atoms with E-state index in [1.54, 1.807) is 6.20 Å². The fourth-order valence-electron chi connectivity index (χ4n) is 3.32. The summed E-state index contributed by atoms with van der Waals surface area (Å²) < 4.78 is 5.76. The van der Waals surface area contributed by atoms with Crippen LogP contribution in [0.3, 0.4) is 0 Å². The van der Waals surface area contributed by atoms with E-state index < -0.39 is 0 Å². The first kappa shape index (κ1) is 11.8. The van der Waals surface area contributed by atoms with Crippen LogP contribution in [0.1, 0.15) is 30.8 Å². The van der Waals surface area contributed by atoms with Gasteiger partial charge in [-0.25, -0.2) is 9.97 Å². The van der Waals surface area contributed by atoms with Crippen LogP contribution in [-0.4, -0.2) is 38.6 Å². The molecule has 20 heavy (non-hydrogen) atoms. The first-order valence-corrected chi connectivity index (χ1v) is 6.78. The van der Waals surface area contributed by atoms with E-state index in [0.717, 1.165) is 18.4 Å². The smallest absolute Gasteiger partial charge is 0.271 e. The number of carbonyl (C=O) groups excluding carboxylic acids is 1. The third kappa shape index (κ3) is 1.39. The summed E-state index contributed by atoms with van der Waals surface area (Å²) in [5.74, 6) is 0.267. The maximum atomic E-state index is 12.6. The number of nitrogens with zero attached hydrogens (tertiary/aromatic N) is 2. The first-order valence-electron chi connectivity index (χ1n) is 6.78. The monoisotopic (exact) mass is 272 g/mol. The third-order valence-electron chi connectivity index (χ3n) is 4.73. The van der Waals surface area contributed by atoms with Crippen LogP contribution in [0.4, 0.5) is 0 Å². The minimum atomic E-state index is -0.322. The van der Waals surface area contributed by atoms with E-state index >= 15 is 0 Å². The first-order chi connectivity index (χ1) is 9.53. The van der Waals surface area contributed by atoms with Gasteiger partial charge in [-0.2, -0.15) is 0 Å². The van der Waals surface area contributed by atoms with Gasteiger partial charge in [-0.05, 0) is 26.3 Å². The van der Waals surface area contributed by atoms with E-state index in [0.29, 0.717) is 17.3 Å². The van der Waals surface area contributed by atoms with E-state index in [9.17, 15) is 4.79 Å². The second-order valence-electron chi connectivity index (χ2n) is 6.11. The van der Waals surface area contributed by atoms with E-state index in [4.69, 9.17) is 4.74 Å². The summed E-state index contributed by atoms with van der Waals surface area (Å²) in [6.07, 6.45) is 4.15. The van der Waals surface area contributed by atoms with Gasteiger partial charge in [0.05, 0.1) is 23.1 Å². The van der Waals surface area contributed by atoms with Crippen molar-refractivity contribution in [2.24, 2.45) is 5.92 Å². The van der Waals surface area contributed by atoms with Gasteiger partial charge in [-0.3, -0.25) is 4.79 Å². The largest absolute Gasteiger partial charge is 0.373 e. The maximum absolute atomic E-state index is 12.6. The van der Waals surface area contributed by atoms with Crippen LogP contribution in [0.25, 0.3) is 11.0 Å². The number of fused-ring (bicyclic) bond motifs is 2. The molecule has 1 aliphatic carbocycles. The highest BCUT2D eigenvalue weighted by Gasteiger charge is 2.69. The van der Waals surface area contributed by atoms with Crippen molar-refractivity contribution in [2.45, 2.75) is 31.4 Å². The second-order valence-corrected chi connectivity index (χ2v) is 6.11.